The van der Waals surface area contributed by atoms with Gasteiger partial charge in [0.25, 0.3) is 0 Å². The first kappa shape index (κ1) is 15.8. The van der Waals surface area contributed by atoms with Gasteiger partial charge in [-0.05, 0) is 38.5 Å². The van der Waals surface area contributed by atoms with Crippen molar-refractivity contribution in [3.05, 3.63) is 0 Å². The van der Waals surface area contributed by atoms with Crippen LogP contribution < -0.4 is 0 Å². The molecule has 6 nitrogen and oxygen atoms in total. The summed E-state index contributed by atoms with van der Waals surface area (Å²) in [6.45, 7) is 0. The van der Waals surface area contributed by atoms with Gasteiger partial charge >= 0.3 is 0 Å². The highest BCUT2D eigenvalue weighted by Crippen LogP contribution is 2.20. The Balaban J connectivity index is 3.90. The van der Waals surface area contributed by atoms with Gasteiger partial charge in [-0.25, -0.2) is 0 Å². The smallest absolute Gasteiger partial charge is 0.154 e. The van der Waals surface area contributed by atoms with Crippen LogP contribution in [0.25, 0.3) is 0 Å². The molecule has 0 atom stereocenters. The van der Waals surface area contributed by atoms with E-state index in [0.29, 0.717) is 38.5 Å². The summed E-state index contributed by atoms with van der Waals surface area (Å²) >= 11 is 0. The minimum Gasteiger partial charge on any atom is -0.368 e. The Hall–Kier alpha value is -0.240. The van der Waals surface area contributed by atoms with Crippen molar-refractivity contribution < 1.29 is 32.0 Å². The quantitative estimate of drug-likeness (QED) is 0.225. The van der Waals surface area contributed by atoms with Crippen LogP contribution in [-0.4, -0.2) is 49.5 Å². The van der Waals surface area contributed by atoms with E-state index in [0.717, 1.165) is 0 Å². The monoisotopic (exact) mass is 267 g/mol. The Kier molecular flexibility index (Phi) is 9.37. The SMILES string of the molecule is [2H]C(O)(O)C(CCCCC(O)O)CCCCC(O)O. The number of aliphatic hydroxyl groups excluding tert-OH is 2. The third-order valence-corrected chi connectivity index (χ3v) is 2.89. The summed E-state index contributed by atoms with van der Waals surface area (Å²) in [5.41, 5.74) is 0. The van der Waals surface area contributed by atoms with E-state index in [1.54, 1.807) is 0 Å². The Morgan fingerprint density at radius 3 is 1.22 bits per heavy atom. The van der Waals surface area contributed by atoms with E-state index >= 15 is 0 Å². The van der Waals surface area contributed by atoms with Crippen molar-refractivity contribution in [3.63, 3.8) is 0 Å². The largest absolute Gasteiger partial charge is 0.368 e. The third kappa shape index (κ3) is 10.9. The van der Waals surface area contributed by atoms with Gasteiger partial charge in [0.2, 0.25) is 0 Å². The fourth-order valence-corrected chi connectivity index (χ4v) is 1.84. The molecule has 0 radical (unpaired) electrons. The Morgan fingerprint density at radius 1 is 0.611 bits per heavy atom. The van der Waals surface area contributed by atoms with Crippen molar-refractivity contribution in [3.8, 4) is 0 Å². The van der Waals surface area contributed by atoms with Gasteiger partial charge in [-0.3, -0.25) is 0 Å². The van der Waals surface area contributed by atoms with Gasteiger partial charge in [0, 0.05) is 5.92 Å². The highest BCUT2D eigenvalue weighted by molar-refractivity contribution is 4.62. The molecule has 0 aliphatic carbocycles. The average Bonchev–Trinajstić information content (AvgIpc) is 2.24. The highest BCUT2D eigenvalue weighted by Gasteiger charge is 2.16. The second-order valence-electron chi connectivity index (χ2n) is 4.59. The molecular formula is C12H26O6. The second-order valence-corrected chi connectivity index (χ2v) is 4.59. The summed E-state index contributed by atoms with van der Waals surface area (Å²) in [7, 11) is 0. The molecule has 0 heterocycles. The average molecular weight is 267 g/mol. The summed E-state index contributed by atoms with van der Waals surface area (Å²) < 4.78 is 7.24. The fraction of sp³-hybridized carbons (Fsp3) is 1.00. The molecule has 18 heavy (non-hydrogen) atoms. The summed E-state index contributed by atoms with van der Waals surface area (Å²) in [5.74, 6) is -0.626. The van der Waals surface area contributed by atoms with E-state index in [9.17, 15) is 10.2 Å². The van der Waals surface area contributed by atoms with Crippen molar-refractivity contribution >= 4 is 0 Å². The first-order valence-electron chi connectivity index (χ1n) is 6.90. The van der Waals surface area contributed by atoms with E-state index < -0.39 is 24.8 Å². The molecule has 0 aliphatic rings. The molecule has 6 N–H and O–H groups in total. The van der Waals surface area contributed by atoms with Gasteiger partial charge in [-0.2, -0.15) is 0 Å². The summed E-state index contributed by atoms with van der Waals surface area (Å²) in [6.07, 6.45) is -1.71. The molecule has 110 valence electrons. The topological polar surface area (TPSA) is 121 Å². The van der Waals surface area contributed by atoms with Crippen LogP contribution in [0, 0.1) is 5.92 Å². The molecule has 0 rings (SSSR count). The molecule has 0 saturated heterocycles. The maximum atomic E-state index is 9.32. The Morgan fingerprint density at radius 2 is 0.944 bits per heavy atom. The number of hydrogen-bond acceptors (Lipinski definition) is 6. The van der Waals surface area contributed by atoms with Gasteiger partial charge < -0.3 is 30.6 Å². The first-order valence-corrected chi connectivity index (χ1v) is 6.40. The lowest BCUT2D eigenvalue weighted by Crippen LogP contribution is -2.20. The van der Waals surface area contributed by atoms with Gasteiger partial charge in [0.15, 0.2) is 18.8 Å². The van der Waals surface area contributed by atoms with Gasteiger partial charge in [0.05, 0.1) is 1.37 Å². The standard InChI is InChI=1S/C12H26O6/c13-10(14)7-3-1-5-9(12(17)18)6-2-4-8-11(15)16/h9-18H,1-8H2/i12D. The fourth-order valence-electron chi connectivity index (χ4n) is 1.84. The van der Waals surface area contributed by atoms with Crippen LogP contribution in [-0.2, 0) is 0 Å². The van der Waals surface area contributed by atoms with Crippen LogP contribution in [0.4, 0.5) is 0 Å². The second kappa shape index (κ2) is 10.7. The van der Waals surface area contributed by atoms with E-state index in [4.69, 9.17) is 21.8 Å². The van der Waals surface area contributed by atoms with Crippen LogP contribution >= 0.6 is 0 Å². The van der Waals surface area contributed by atoms with Crippen molar-refractivity contribution in [2.45, 2.75) is 70.2 Å². The summed E-state index contributed by atoms with van der Waals surface area (Å²) in [6, 6.07) is 0. The lowest BCUT2D eigenvalue weighted by Gasteiger charge is -2.19. The first-order chi connectivity index (χ1) is 8.73. The minimum absolute atomic E-state index is 0.227. The van der Waals surface area contributed by atoms with Crippen molar-refractivity contribution in [1.29, 1.82) is 0 Å². The zero-order valence-electron chi connectivity index (χ0n) is 11.6. The van der Waals surface area contributed by atoms with Crippen molar-refractivity contribution in [1.82, 2.24) is 0 Å². The lowest BCUT2D eigenvalue weighted by atomic mass is 9.94. The van der Waals surface area contributed by atoms with E-state index in [2.05, 4.69) is 0 Å². The zero-order valence-corrected chi connectivity index (χ0v) is 10.6. The third-order valence-electron chi connectivity index (χ3n) is 2.89. The predicted octanol–water partition coefficient (Wildman–Crippen LogP) is -0.345. The van der Waals surface area contributed by atoms with Crippen LogP contribution in [0.1, 0.15) is 52.7 Å². The summed E-state index contributed by atoms with van der Waals surface area (Å²) in [4.78, 5) is 0. The molecule has 0 aromatic rings. The van der Waals surface area contributed by atoms with Crippen molar-refractivity contribution in [2.24, 2.45) is 5.92 Å². The van der Waals surface area contributed by atoms with E-state index in [-0.39, 0.29) is 12.8 Å². The highest BCUT2D eigenvalue weighted by atomic mass is 16.5. The molecule has 0 aliphatic heterocycles. The van der Waals surface area contributed by atoms with Gasteiger partial charge in [0.1, 0.15) is 0 Å². The minimum atomic E-state index is -2.50. The number of aliphatic hydroxyl groups is 6. The Bertz CT molecular complexity index is 201. The molecule has 0 spiro atoms. The Labute approximate surface area is 109 Å². The normalized spacial score (nSPS) is 13.7. The molecule has 0 fully saturated rings. The van der Waals surface area contributed by atoms with Crippen LogP contribution in [0.15, 0.2) is 0 Å². The molecular weight excluding hydrogens is 240 g/mol. The molecule has 0 unspecified atom stereocenters. The number of hydrogen-bond donors (Lipinski definition) is 6. The number of rotatable bonds is 11. The summed E-state index contributed by atoms with van der Waals surface area (Å²) in [5, 5.41) is 53.3. The van der Waals surface area contributed by atoms with Crippen LogP contribution in [0.3, 0.4) is 0 Å². The molecule has 0 amide bonds. The van der Waals surface area contributed by atoms with E-state index in [1.807, 2.05) is 0 Å². The molecule has 0 saturated carbocycles. The zero-order chi connectivity index (χ0) is 14.9. The maximum Gasteiger partial charge on any atom is 0.154 e. The molecule has 6 heteroatoms. The van der Waals surface area contributed by atoms with Gasteiger partial charge in [-0.1, -0.05) is 12.8 Å². The van der Waals surface area contributed by atoms with Gasteiger partial charge in [-0.15, -0.1) is 0 Å². The van der Waals surface area contributed by atoms with Crippen LogP contribution in [0.5, 0.6) is 0 Å². The maximum absolute atomic E-state index is 9.32. The molecule has 0 aromatic carbocycles. The lowest BCUT2D eigenvalue weighted by molar-refractivity contribution is -0.0902. The van der Waals surface area contributed by atoms with Crippen molar-refractivity contribution in [2.75, 3.05) is 0 Å². The van der Waals surface area contributed by atoms with E-state index in [1.165, 1.54) is 0 Å². The molecule has 0 aromatic heterocycles. The molecule has 0 bridgehead atoms. The predicted molar refractivity (Wildman–Crippen MR) is 65.1 cm³/mol. The van der Waals surface area contributed by atoms with Crippen LogP contribution in [0.2, 0.25) is 0 Å². The number of unbranched alkanes of at least 4 members (excludes halogenated alkanes) is 2.